The summed E-state index contributed by atoms with van der Waals surface area (Å²) < 4.78 is 0. The second-order valence-corrected chi connectivity index (χ2v) is 8.02. The Kier molecular flexibility index (Phi) is 10.4. The monoisotopic (exact) mass is 407 g/mol. The fourth-order valence-corrected chi connectivity index (χ4v) is 4.51. The molecule has 144 valence electrons. The van der Waals surface area contributed by atoms with Crippen molar-refractivity contribution in [2.75, 3.05) is 32.7 Å². The van der Waals surface area contributed by atoms with E-state index in [1.165, 1.54) is 17.7 Å². The predicted octanol–water partition coefficient (Wildman–Crippen LogP) is 3.48. The standard InChI is InChI=1S/C18H29N3OS.2ClH/c1-14-6-9-21(10-7-14)16(17-5-3-11-23-17)13-20-18(22)15-4-2-8-19-12-15;;/h3,5,11,14-16,19H,2,4,6-10,12-13H2,1H3,(H,20,22);2*1H. The highest BCUT2D eigenvalue weighted by molar-refractivity contribution is 7.10. The van der Waals surface area contributed by atoms with Gasteiger partial charge in [-0.1, -0.05) is 13.0 Å². The Bertz CT molecular complexity index is 487. The van der Waals surface area contributed by atoms with E-state index in [9.17, 15) is 4.79 Å². The molecule has 1 aromatic heterocycles. The van der Waals surface area contributed by atoms with Crippen LogP contribution in [0.3, 0.4) is 0 Å². The van der Waals surface area contributed by atoms with Crippen LogP contribution in [0.2, 0.25) is 0 Å². The summed E-state index contributed by atoms with van der Waals surface area (Å²) in [6.45, 7) is 7.25. The summed E-state index contributed by atoms with van der Waals surface area (Å²) in [4.78, 5) is 16.4. The number of likely N-dealkylation sites (tertiary alicyclic amines) is 1. The van der Waals surface area contributed by atoms with E-state index in [0.717, 1.165) is 51.5 Å². The van der Waals surface area contributed by atoms with Gasteiger partial charge in [0.25, 0.3) is 0 Å². The molecular weight excluding hydrogens is 377 g/mol. The van der Waals surface area contributed by atoms with Gasteiger partial charge >= 0.3 is 0 Å². The zero-order chi connectivity index (χ0) is 16.1. The molecular formula is C18H31Cl2N3OS. The number of hydrogen-bond acceptors (Lipinski definition) is 4. The van der Waals surface area contributed by atoms with Crippen LogP contribution >= 0.6 is 36.2 Å². The Morgan fingerprint density at radius 1 is 1.36 bits per heavy atom. The van der Waals surface area contributed by atoms with Crippen molar-refractivity contribution >= 4 is 42.1 Å². The molecule has 0 bridgehead atoms. The molecule has 2 fully saturated rings. The number of carbonyl (C=O) groups is 1. The van der Waals surface area contributed by atoms with Gasteiger partial charge in [-0.05, 0) is 62.7 Å². The maximum absolute atomic E-state index is 12.4. The van der Waals surface area contributed by atoms with Crippen molar-refractivity contribution in [2.24, 2.45) is 11.8 Å². The van der Waals surface area contributed by atoms with E-state index in [-0.39, 0.29) is 36.6 Å². The van der Waals surface area contributed by atoms with Crippen molar-refractivity contribution in [3.8, 4) is 0 Å². The van der Waals surface area contributed by atoms with Gasteiger partial charge in [0.2, 0.25) is 5.91 Å². The van der Waals surface area contributed by atoms with Crippen LogP contribution in [0, 0.1) is 11.8 Å². The first kappa shape index (κ1) is 22.7. The molecule has 0 radical (unpaired) electrons. The summed E-state index contributed by atoms with van der Waals surface area (Å²) >= 11 is 1.81. The molecule has 1 amide bonds. The highest BCUT2D eigenvalue weighted by Gasteiger charge is 2.27. The van der Waals surface area contributed by atoms with E-state index in [1.807, 2.05) is 11.3 Å². The number of nitrogens with zero attached hydrogens (tertiary/aromatic N) is 1. The van der Waals surface area contributed by atoms with Crippen LogP contribution in [0.4, 0.5) is 0 Å². The second-order valence-electron chi connectivity index (χ2n) is 7.04. The Labute approximate surface area is 167 Å². The lowest BCUT2D eigenvalue weighted by molar-refractivity contribution is -0.125. The smallest absolute Gasteiger partial charge is 0.224 e. The highest BCUT2D eigenvalue weighted by atomic mass is 35.5. The molecule has 2 atom stereocenters. The van der Waals surface area contributed by atoms with Crippen molar-refractivity contribution < 1.29 is 4.79 Å². The summed E-state index contributed by atoms with van der Waals surface area (Å²) in [6.07, 6.45) is 4.66. The molecule has 4 nitrogen and oxygen atoms in total. The quantitative estimate of drug-likeness (QED) is 0.784. The van der Waals surface area contributed by atoms with Crippen LogP contribution in [0.25, 0.3) is 0 Å². The predicted molar refractivity (Wildman–Crippen MR) is 110 cm³/mol. The molecule has 0 saturated carbocycles. The number of nitrogens with one attached hydrogen (secondary N) is 2. The fourth-order valence-electron chi connectivity index (χ4n) is 3.65. The molecule has 2 saturated heterocycles. The minimum absolute atomic E-state index is 0. The summed E-state index contributed by atoms with van der Waals surface area (Å²) in [6, 6.07) is 4.66. The van der Waals surface area contributed by atoms with Gasteiger partial charge in [0.15, 0.2) is 0 Å². The Morgan fingerprint density at radius 2 is 2.12 bits per heavy atom. The second kappa shape index (κ2) is 11.4. The zero-order valence-corrected chi connectivity index (χ0v) is 17.4. The summed E-state index contributed by atoms with van der Waals surface area (Å²) in [5.41, 5.74) is 0. The average Bonchev–Trinajstić information content (AvgIpc) is 3.11. The van der Waals surface area contributed by atoms with Crippen LogP contribution in [0.5, 0.6) is 0 Å². The summed E-state index contributed by atoms with van der Waals surface area (Å²) in [5, 5.41) is 8.71. The van der Waals surface area contributed by atoms with Gasteiger partial charge in [0, 0.05) is 18.0 Å². The normalized spacial score (nSPS) is 23.2. The third-order valence-electron chi connectivity index (χ3n) is 5.27. The van der Waals surface area contributed by atoms with E-state index in [1.54, 1.807) is 0 Å². The SMILES string of the molecule is CC1CCN(C(CNC(=O)C2CCCNC2)c2cccs2)CC1.Cl.Cl. The van der Waals surface area contributed by atoms with Crippen LogP contribution < -0.4 is 10.6 Å². The molecule has 7 heteroatoms. The van der Waals surface area contributed by atoms with Gasteiger partial charge < -0.3 is 10.6 Å². The van der Waals surface area contributed by atoms with E-state index < -0.39 is 0 Å². The number of amides is 1. The van der Waals surface area contributed by atoms with Gasteiger partial charge in [-0.2, -0.15) is 0 Å². The van der Waals surface area contributed by atoms with Crippen molar-refractivity contribution in [3.63, 3.8) is 0 Å². The number of thiophene rings is 1. The van der Waals surface area contributed by atoms with E-state index in [2.05, 4.69) is 40.0 Å². The Hall–Kier alpha value is -0.330. The number of halogens is 2. The first-order chi connectivity index (χ1) is 11.2. The molecule has 2 aliphatic heterocycles. The third-order valence-corrected chi connectivity index (χ3v) is 6.24. The number of piperidine rings is 2. The fraction of sp³-hybridized carbons (Fsp3) is 0.722. The van der Waals surface area contributed by atoms with Crippen molar-refractivity contribution in [2.45, 2.75) is 38.6 Å². The largest absolute Gasteiger partial charge is 0.354 e. The van der Waals surface area contributed by atoms with E-state index >= 15 is 0 Å². The highest BCUT2D eigenvalue weighted by Crippen LogP contribution is 2.29. The average molecular weight is 408 g/mol. The first-order valence-electron chi connectivity index (χ1n) is 9.00. The lowest BCUT2D eigenvalue weighted by Gasteiger charge is -2.36. The van der Waals surface area contributed by atoms with Gasteiger partial charge in [-0.15, -0.1) is 36.2 Å². The topological polar surface area (TPSA) is 44.4 Å². The number of hydrogen-bond donors (Lipinski definition) is 2. The van der Waals surface area contributed by atoms with Crippen LogP contribution in [-0.4, -0.2) is 43.5 Å². The van der Waals surface area contributed by atoms with Crippen LogP contribution in [-0.2, 0) is 4.79 Å². The number of carbonyl (C=O) groups excluding carboxylic acids is 1. The van der Waals surface area contributed by atoms with Crippen LogP contribution in [0.1, 0.15) is 43.5 Å². The minimum atomic E-state index is 0. The molecule has 2 N–H and O–H groups in total. The van der Waals surface area contributed by atoms with Crippen LogP contribution in [0.15, 0.2) is 17.5 Å². The summed E-state index contributed by atoms with van der Waals surface area (Å²) in [7, 11) is 0. The lowest BCUT2D eigenvalue weighted by atomic mass is 9.97. The van der Waals surface area contributed by atoms with Gasteiger partial charge in [0.1, 0.15) is 0 Å². The molecule has 2 unspecified atom stereocenters. The van der Waals surface area contributed by atoms with Crippen molar-refractivity contribution in [3.05, 3.63) is 22.4 Å². The molecule has 0 spiro atoms. The van der Waals surface area contributed by atoms with Gasteiger partial charge in [-0.25, -0.2) is 0 Å². The molecule has 0 aromatic carbocycles. The first-order valence-corrected chi connectivity index (χ1v) is 9.88. The number of rotatable bonds is 5. The minimum Gasteiger partial charge on any atom is -0.354 e. The maximum atomic E-state index is 12.4. The maximum Gasteiger partial charge on any atom is 0.224 e. The van der Waals surface area contributed by atoms with Crippen molar-refractivity contribution in [1.29, 1.82) is 0 Å². The van der Waals surface area contributed by atoms with Crippen molar-refractivity contribution in [1.82, 2.24) is 15.5 Å². The molecule has 1 aromatic rings. The molecule has 3 rings (SSSR count). The van der Waals surface area contributed by atoms with Gasteiger partial charge in [0.05, 0.1) is 12.0 Å². The molecule has 3 heterocycles. The van der Waals surface area contributed by atoms with E-state index in [4.69, 9.17) is 0 Å². The molecule has 0 aliphatic carbocycles. The summed E-state index contributed by atoms with van der Waals surface area (Å²) in [5.74, 6) is 1.20. The third kappa shape index (κ3) is 6.40. The lowest BCUT2D eigenvalue weighted by Crippen LogP contribution is -2.45. The Morgan fingerprint density at radius 3 is 2.72 bits per heavy atom. The van der Waals surface area contributed by atoms with E-state index in [0.29, 0.717) is 6.04 Å². The molecule has 2 aliphatic rings. The Balaban J connectivity index is 0.00000156. The molecule has 25 heavy (non-hydrogen) atoms. The van der Waals surface area contributed by atoms with Gasteiger partial charge in [-0.3, -0.25) is 9.69 Å². The zero-order valence-electron chi connectivity index (χ0n) is 14.9.